The number of Topliss-reactive ketones (excluding diaryl/α,β-unsaturated/α-hetero) is 1. The maximum absolute atomic E-state index is 13.0. The number of anilines is 1. The lowest BCUT2D eigenvalue weighted by Crippen LogP contribution is -2.33. The summed E-state index contributed by atoms with van der Waals surface area (Å²) >= 11 is 1.66. The summed E-state index contributed by atoms with van der Waals surface area (Å²) in [6.45, 7) is 0.623. The Morgan fingerprint density at radius 1 is 0.732 bits per heavy atom. The van der Waals surface area contributed by atoms with Gasteiger partial charge in [-0.05, 0) is 54.0 Å². The molecular weight excluding hydrogens is 524 g/mol. The van der Waals surface area contributed by atoms with Gasteiger partial charge in [0.15, 0.2) is 5.78 Å². The number of amides is 1. The minimum absolute atomic E-state index is 0.0308. The summed E-state index contributed by atoms with van der Waals surface area (Å²) in [6.07, 6.45) is 5.03. The predicted molar refractivity (Wildman–Crippen MR) is 170 cm³/mol. The lowest BCUT2D eigenvalue weighted by Gasteiger charge is -2.35. The molecule has 1 unspecified atom stereocenters. The number of fused-ring (bicyclic) bond motifs is 1. The van der Waals surface area contributed by atoms with E-state index in [1.165, 1.54) is 5.56 Å². The normalized spacial score (nSPS) is 14.5. The minimum atomic E-state index is -0.505. The molecule has 4 aromatic carbocycles. The van der Waals surface area contributed by atoms with Crippen LogP contribution in [0.2, 0.25) is 0 Å². The van der Waals surface area contributed by atoms with Crippen LogP contribution < -0.4 is 10.6 Å². The first-order chi connectivity index (χ1) is 20.2. The molecule has 0 radical (unpaired) electrons. The van der Waals surface area contributed by atoms with Crippen molar-refractivity contribution in [3.63, 3.8) is 0 Å². The number of carbonyl (C=O) groups is 2. The van der Waals surface area contributed by atoms with Crippen LogP contribution in [-0.4, -0.2) is 30.0 Å². The Morgan fingerprint density at radius 3 is 1.90 bits per heavy atom. The van der Waals surface area contributed by atoms with Gasteiger partial charge < -0.3 is 10.6 Å². The highest BCUT2D eigenvalue weighted by Gasteiger charge is 2.37. The van der Waals surface area contributed by atoms with Gasteiger partial charge in [0, 0.05) is 18.7 Å². The smallest absolute Gasteiger partial charge is 0.230 e. The van der Waals surface area contributed by atoms with Gasteiger partial charge in [0.2, 0.25) is 5.91 Å². The van der Waals surface area contributed by atoms with Crippen molar-refractivity contribution in [1.29, 1.82) is 0 Å². The number of benzene rings is 4. The first-order valence-electron chi connectivity index (χ1n) is 14.6. The zero-order valence-corrected chi connectivity index (χ0v) is 24.2. The molecule has 210 valence electrons. The summed E-state index contributed by atoms with van der Waals surface area (Å²) in [4.78, 5) is 25.8. The zero-order chi connectivity index (χ0) is 28.3. The van der Waals surface area contributed by atoms with Gasteiger partial charge in [-0.3, -0.25) is 9.59 Å². The van der Waals surface area contributed by atoms with E-state index in [0.717, 1.165) is 54.5 Å². The number of ketones is 1. The van der Waals surface area contributed by atoms with E-state index in [-0.39, 0.29) is 11.9 Å². The molecule has 5 heteroatoms. The molecular formula is C36H38N2O2S. The average molecular weight is 563 g/mol. The maximum Gasteiger partial charge on any atom is 0.230 e. The van der Waals surface area contributed by atoms with Crippen LogP contribution in [0.3, 0.4) is 0 Å². The molecule has 1 heterocycles. The first-order valence-corrected chi connectivity index (χ1v) is 15.6. The van der Waals surface area contributed by atoms with Crippen molar-refractivity contribution >= 4 is 29.1 Å². The Balaban J connectivity index is 1.12. The quantitative estimate of drug-likeness (QED) is 0.132. The Hall–Kier alpha value is -3.83. The number of nitrogens with one attached hydrogen (secondary N) is 2. The van der Waals surface area contributed by atoms with Gasteiger partial charge in [-0.15, -0.1) is 11.8 Å². The fraction of sp³-hybridized carbons (Fsp3) is 0.278. The summed E-state index contributed by atoms with van der Waals surface area (Å²) in [7, 11) is 0. The highest BCUT2D eigenvalue weighted by Crippen LogP contribution is 2.48. The first kappa shape index (κ1) is 28.7. The van der Waals surface area contributed by atoms with Crippen molar-refractivity contribution in [3.8, 4) is 0 Å². The molecule has 1 atom stereocenters. The van der Waals surface area contributed by atoms with Crippen LogP contribution in [0.25, 0.3) is 0 Å². The second-order valence-electron chi connectivity index (χ2n) is 10.6. The molecule has 0 saturated heterocycles. The van der Waals surface area contributed by atoms with E-state index in [4.69, 9.17) is 0 Å². The van der Waals surface area contributed by atoms with Crippen LogP contribution in [-0.2, 0) is 20.8 Å². The van der Waals surface area contributed by atoms with Crippen molar-refractivity contribution in [3.05, 3.63) is 138 Å². The van der Waals surface area contributed by atoms with E-state index < -0.39 is 4.75 Å². The summed E-state index contributed by atoms with van der Waals surface area (Å²) in [5, 5.41) is 6.53. The van der Waals surface area contributed by atoms with E-state index >= 15 is 0 Å². The van der Waals surface area contributed by atoms with Crippen LogP contribution in [0.5, 0.6) is 0 Å². The number of carbonyl (C=O) groups excluding carboxylic acids is 2. The molecule has 0 bridgehead atoms. The standard InChI is InChI=1S/C36H38N2O2S/c39-34(33-25-24-28-15-12-13-22-32(28)38-33)23-11-4-14-26-37-35(40)27-41-36(29-16-5-1-6-17-29,30-18-7-2-8-19-30)31-20-9-3-10-21-31/h1-3,5-10,12-13,15-22,33,38H,4,11,14,23-27H2,(H,37,40). The van der Waals surface area contributed by atoms with Gasteiger partial charge >= 0.3 is 0 Å². The fourth-order valence-electron chi connectivity index (χ4n) is 5.68. The molecule has 0 aliphatic carbocycles. The lowest BCUT2D eigenvalue weighted by atomic mass is 9.84. The number of hydrogen-bond donors (Lipinski definition) is 2. The topological polar surface area (TPSA) is 58.2 Å². The SMILES string of the molecule is O=C(CSC(c1ccccc1)(c1ccccc1)c1ccccc1)NCCCCCC(=O)C1CCc2ccccc2N1. The molecule has 0 saturated carbocycles. The van der Waals surface area contributed by atoms with E-state index in [1.807, 2.05) is 30.3 Å². The number of para-hydroxylation sites is 1. The number of hydrogen-bond acceptors (Lipinski definition) is 4. The fourth-order valence-corrected chi connectivity index (χ4v) is 7.03. The highest BCUT2D eigenvalue weighted by atomic mass is 32.2. The Labute approximate surface area is 248 Å². The third-order valence-corrected chi connectivity index (χ3v) is 9.37. The van der Waals surface area contributed by atoms with Gasteiger partial charge in [0.05, 0.1) is 16.5 Å². The average Bonchev–Trinajstić information content (AvgIpc) is 3.04. The second kappa shape index (κ2) is 14.2. The third-order valence-electron chi connectivity index (χ3n) is 7.82. The van der Waals surface area contributed by atoms with E-state index in [1.54, 1.807) is 11.8 Å². The molecule has 41 heavy (non-hydrogen) atoms. The summed E-state index contributed by atoms with van der Waals surface area (Å²) in [6, 6.07) is 39.5. The molecule has 2 N–H and O–H groups in total. The van der Waals surface area contributed by atoms with Crippen LogP contribution in [0.1, 0.15) is 54.4 Å². The number of rotatable bonds is 13. The molecule has 0 aromatic heterocycles. The van der Waals surface area contributed by atoms with E-state index in [0.29, 0.717) is 24.5 Å². The summed E-state index contributed by atoms with van der Waals surface area (Å²) in [5.74, 6) is 0.661. The van der Waals surface area contributed by atoms with E-state index in [2.05, 4.69) is 95.6 Å². The molecule has 1 aliphatic heterocycles. The van der Waals surface area contributed by atoms with Crippen LogP contribution in [0.4, 0.5) is 5.69 Å². The molecule has 4 aromatic rings. The summed E-state index contributed by atoms with van der Waals surface area (Å²) in [5.41, 5.74) is 5.83. The predicted octanol–water partition coefficient (Wildman–Crippen LogP) is 7.38. The minimum Gasteiger partial charge on any atom is -0.375 e. The van der Waals surface area contributed by atoms with Crippen LogP contribution >= 0.6 is 11.8 Å². The van der Waals surface area contributed by atoms with E-state index in [9.17, 15) is 9.59 Å². The van der Waals surface area contributed by atoms with Crippen molar-refractivity contribution in [2.24, 2.45) is 0 Å². The lowest BCUT2D eigenvalue weighted by molar-refractivity contribution is -0.120. The van der Waals surface area contributed by atoms with Gasteiger partial charge in [0.25, 0.3) is 0 Å². The van der Waals surface area contributed by atoms with Crippen molar-refractivity contribution in [2.45, 2.75) is 49.3 Å². The molecule has 0 fully saturated rings. The van der Waals surface area contributed by atoms with Gasteiger partial charge in [-0.2, -0.15) is 0 Å². The highest BCUT2D eigenvalue weighted by molar-refractivity contribution is 8.01. The van der Waals surface area contributed by atoms with Crippen molar-refractivity contribution in [2.75, 3.05) is 17.6 Å². The largest absolute Gasteiger partial charge is 0.375 e. The van der Waals surface area contributed by atoms with Gasteiger partial charge in [-0.1, -0.05) is 116 Å². The van der Waals surface area contributed by atoms with Crippen molar-refractivity contribution < 1.29 is 9.59 Å². The molecule has 5 rings (SSSR count). The second-order valence-corrected chi connectivity index (χ2v) is 11.8. The number of unbranched alkanes of at least 4 members (excludes halogenated alkanes) is 2. The molecule has 0 spiro atoms. The zero-order valence-electron chi connectivity index (χ0n) is 23.4. The Kier molecular flexibility index (Phi) is 9.92. The number of thioether (sulfide) groups is 1. The monoisotopic (exact) mass is 562 g/mol. The third kappa shape index (κ3) is 7.09. The van der Waals surface area contributed by atoms with Gasteiger partial charge in [0.1, 0.15) is 0 Å². The molecule has 1 aliphatic rings. The molecule has 1 amide bonds. The maximum atomic E-state index is 13.0. The van der Waals surface area contributed by atoms with Gasteiger partial charge in [-0.25, -0.2) is 0 Å². The van der Waals surface area contributed by atoms with Crippen molar-refractivity contribution in [1.82, 2.24) is 5.32 Å². The molecule has 4 nitrogen and oxygen atoms in total. The number of aryl methyl sites for hydroxylation is 1. The summed E-state index contributed by atoms with van der Waals surface area (Å²) < 4.78 is -0.505. The van der Waals surface area contributed by atoms with Crippen LogP contribution in [0.15, 0.2) is 115 Å². The van der Waals surface area contributed by atoms with Crippen LogP contribution in [0, 0.1) is 0 Å². The Morgan fingerprint density at radius 2 is 1.29 bits per heavy atom. The Bertz CT molecular complexity index is 1310.